The van der Waals surface area contributed by atoms with E-state index in [1.165, 1.54) is 38.5 Å². The zero-order chi connectivity index (χ0) is 16.4. The van der Waals surface area contributed by atoms with Crippen LogP contribution in [-0.4, -0.2) is 25.7 Å². The average Bonchev–Trinajstić information content (AvgIpc) is 2.43. The van der Waals surface area contributed by atoms with Gasteiger partial charge in [0.1, 0.15) is 0 Å². The molecule has 3 heteroatoms. The lowest BCUT2D eigenvalue weighted by Gasteiger charge is -2.43. The number of unbranched alkanes of at least 4 members (excludes halogenated alkanes) is 5. The Balaban J connectivity index is 4.47. The number of nitrogens with one attached hydrogen (secondary N) is 1. The molecule has 0 radical (unpaired) electrons. The Bertz CT molecular complexity index is 244. The molecule has 3 nitrogen and oxygen atoms in total. The van der Waals surface area contributed by atoms with Gasteiger partial charge >= 0.3 is 0 Å². The molecule has 0 bridgehead atoms. The normalized spacial score (nSPS) is 14.4. The van der Waals surface area contributed by atoms with Gasteiger partial charge in [0.15, 0.2) is 0 Å². The van der Waals surface area contributed by atoms with Gasteiger partial charge in [0.2, 0.25) is 5.91 Å². The van der Waals surface area contributed by atoms with Gasteiger partial charge in [0.05, 0.1) is 0 Å². The van der Waals surface area contributed by atoms with Gasteiger partial charge in [-0.05, 0) is 33.6 Å². The van der Waals surface area contributed by atoms with Crippen LogP contribution in [0.3, 0.4) is 0 Å². The van der Waals surface area contributed by atoms with Crippen molar-refractivity contribution < 1.29 is 9.47 Å². The zero-order valence-corrected chi connectivity index (χ0v) is 15.6. The number of ether oxygens (including phenoxy) is 2. The third kappa shape index (κ3) is 8.18. The molecule has 0 saturated heterocycles. The van der Waals surface area contributed by atoms with Gasteiger partial charge in [-0.1, -0.05) is 52.4 Å². The molecule has 0 aliphatic heterocycles. The van der Waals surface area contributed by atoms with Gasteiger partial charge in [-0.15, -0.1) is 0 Å². The number of hydrogen-bond donors (Lipinski definition) is 1. The van der Waals surface area contributed by atoms with Gasteiger partial charge in [-0.2, -0.15) is 0 Å². The van der Waals surface area contributed by atoms with Crippen LogP contribution >= 0.6 is 0 Å². The molecule has 0 aliphatic carbocycles. The van der Waals surface area contributed by atoms with E-state index in [9.17, 15) is 0 Å². The van der Waals surface area contributed by atoms with Gasteiger partial charge in [0.25, 0.3) is 0 Å². The Morgan fingerprint density at radius 3 is 1.81 bits per heavy atom. The van der Waals surface area contributed by atoms with Crippen LogP contribution < -0.4 is 5.32 Å². The molecule has 0 rings (SSSR count). The predicted molar refractivity (Wildman–Crippen MR) is 91.4 cm³/mol. The summed E-state index contributed by atoms with van der Waals surface area (Å²) in [5.41, 5.74) is -0.0411. The zero-order valence-electron chi connectivity index (χ0n) is 15.6. The van der Waals surface area contributed by atoms with Gasteiger partial charge in [-0.3, -0.25) is 5.32 Å². The summed E-state index contributed by atoms with van der Waals surface area (Å²) in [5.74, 6) is -0.297. The van der Waals surface area contributed by atoms with Crippen LogP contribution in [-0.2, 0) is 9.47 Å². The van der Waals surface area contributed by atoms with Crippen LogP contribution in [0.2, 0.25) is 0 Å². The minimum absolute atomic E-state index is 0.0411. The van der Waals surface area contributed by atoms with Crippen molar-refractivity contribution in [3.8, 4) is 0 Å². The van der Waals surface area contributed by atoms with E-state index in [0.29, 0.717) is 5.92 Å². The molecular weight excluding hydrogens is 262 g/mol. The molecule has 0 aromatic carbocycles. The van der Waals surface area contributed by atoms with E-state index < -0.39 is 5.91 Å². The molecule has 21 heavy (non-hydrogen) atoms. The number of rotatable bonds is 12. The fourth-order valence-corrected chi connectivity index (χ4v) is 2.98. The average molecular weight is 302 g/mol. The third-order valence-electron chi connectivity index (χ3n) is 4.09. The first kappa shape index (κ1) is 20.9. The molecule has 1 unspecified atom stereocenters. The topological polar surface area (TPSA) is 30.5 Å². The fourth-order valence-electron chi connectivity index (χ4n) is 2.98. The van der Waals surface area contributed by atoms with Crippen molar-refractivity contribution in [3.63, 3.8) is 0 Å². The highest BCUT2D eigenvalue weighted by molar-refractivity contribution is 4.84. The van der Waals surface area contributed by atoms with E-state index in [-0.39, 0.29) is 5.54 Å². The smallest absolute Gasteiger partial charge is 0.230 e. The Morgan fingerprint density at radius 1 is 0.857 bits per heavy atom. The van der Waals surface area contributed by atoms with Crippen molar-refractivity contribution in [2.45, 2.75) is 97.4 Å². The summed E-state index contributed by atoms with van der Waals surface area (Å²) in [6.45, 7) is 10.9. The second-order valence-corrected chi connectivity index (χ2v) is 7.11. The quantitative estimate of drug-likeness (QED) is 0.402. The van der Waals surface area contributed by atoms with Gasteiger partial charge in [0, 0.05) is 25.7 Å². The lowest BCUT2D eigenvalue weighted by molar-refractivity contribution is -0.271. The fraction of sp³-hybridized carbons (Fsp3) is 1.00. The van der Waals surface area contributed by atoms with Gasteiger partial charge in [-0.25, -0.2) is 0 Å². The second-order valence-electron chi connectivity index (χ2n) is 7.11. The Kier molecular flexibility index (Phi) is 10.5. The van der Waals surface area contributed by atoms with Crippen molar-refractivity contribution in [2.24, 2.45) is 5.92 Å². The monoisotopic (exact) mass is 301 g/mol. The van der Waals surface area contributed by atoms with Crippen molar-refractivity contribution in [1.29, 1.82) is 0 Å². The minimum atomic E-state index is -0.670. The highest BCUT2D eigenvalue weighted by Gasteiger charge is 2.40. The molecule has 128 valence electrons. The maximum absolute atomic E-state index is 5.78. The maximum atomic E-state index is 5.78. The summed E-state index contributed by atoms with van der Waals surface area (Å²) in [4.78, 5) is 0. The third-order valence-corrected chi connectivity index (χ3v) is 4.09. The van der Waals surface area contributed by atoms with E-state index in [4.69, 9.17) is 9.47 Å². The molecular formula is C18H39NO2. The number of methoxy groups -OCH3 is 2. The molecule has 0 aromatic heterocycles. The van der Waals surface area contributed by atoms with Crippen LogP contribution in [0.25, 0.3) is 0 Å². The van der Waals surface area contributed by atoms with E-state index in [1.54, 1.807) is 14.2 Å². The largest absolute Gasteiger partial charge is 0.341 e. The Morgan fingerprint density at radius 2 is 1.38 bits per heavy atom. The van der Waals surface area contributed by atoms with Crippen molar-refractivity contribution >= 4 is 0 Å². The molecule has 1 N–H and O–H groups in total. The van der Waals surface area contributed by atoms with E-state index in [2.05, 4.69) is 39.9 Å². The van der Waals surface area contributed by atoms with Crippen LogP contribution in [0.4, 0.5) is 0 Å². The van der Waals surface area contributed by atoms with Gasteiger partial charge < -0.3 is 9.47 Å². The van der Waals surface area contributed by atoms with Crippen LogP contribution in [0.1, 0.15) is 86.0 Å². The van der Waals surface area contributed by atoms with E-state index >= 15 is 0 Å². The molecule has 0 amide bonds. The van der Waals surface area contributed by atoms with E-state index in [0.717, 1.165) is 12.8 Å². The molecule has 0 saturated carbocycles. The van der Waals surface area contributed by atoms with Crippen LogP contribution in [0.5, 0.6) is 0 Å². The molecule has 0 aromatic rings. The molecule has 1 atom stereocenters. The lowest BCUT2D eigenvalue weighted by Crippen LogP contribution is -2.60. The summed E-state index contributed by atoms with van der Waals surface area (Å²) in [6, 6.07) is 0. The first-order chi connectivity index (χ1) is 9.85. The predicted octanol–water partition coefficient (Wildman–Crippen LogP) is 5.10. The van der Waals surface area contributed by atoms with Crippen molar-refractivity contribution in [3.05, 3.63) is 0 Å². The molecule has 0 aliphatic rings. The Hall–Kier alpha value is -0.120. The van der Waals surface area contributed by atoms with Crippen LogP contribution in [0, 0.1) is 5.92 Å². The minimum Gasteiger partial charge on any atom is -0.341 e. The molecule has 0 spiro atoms. The molecule has 0 fully saturated rings. The Labute approximate surface area is 133 Å². The highest BCUT2D eigenvalue weighted by atomic mass is 16.7. The van der Waals surface area contributed by atoms with Crippen molar-refractivity contribution in [1.82, 2.24) is 5.32 Å². The first-order valence-corrected chi connectivity index (χ1v) is 8.74. The van der Waals surface area contributed by atoms with Crippen LogP contribution in [0.15, 0.2) is 0 Å². The summed E-state index contributed by atoms with van der Waals surface area (Å²) in [6.07, 6.45) is 10.2. The highest BCUT2D eigenvalue weighted by Crippen LogP contribution is 2.30. The second kappa shape index (κ2) is 10.6. The maximum Gasteiger partial charge on any atom is 0.230 e. The van der Waals surface area contributed by atoms with Crippen molar-refractivity contribution in [2.75, 3.05) is 14.2 Å². The SMILES string of the molecule is CCCCCCCCC(CC)C(NC(C)(C)C)(OC)OC. The standard InChI is InChI=1S/C18H39NO2/c1-8-10-11-12-13-14-15-16(9-2)18(20-6,21-7)19-17(3,4)5/h16,19H,8-15H2,1-7H3. The first-order valence-electron chi connectivity index (χ1n) is 8.74. The summed E-state index contributed by atoms with van der Waals surface area (Å²) < 4.78 is 11.6. The lowest BCUT2D eigenvalue weighted by atomic mass is 9.92. The summed E-state index contributed by atoms with van der Waals surface area (Å²) in [7, 11) is 3.48. The van der Waals surface area contributed by atoms with E-state index in [1.807, 2.05) is 0 Å². The molecule has 0 heterocycles. The number of hydrogen-bond acceptors (Lipinski definition) is 3. The summed E-state index contributed by atoms with van der Waals surface area (Å²) >= 11 is 0. The summed E-state index contributed by atoms with van der Waals surface area (Å²) in [5, 5.41) is 3.54.